The number of carbonyl (C=O) groups is 2. The average Bonchev–Trinajstić information content (AvgIpc) is 3.31. The molecule has 8 heteroatoms. The Bertz CT molecular complexity index is 1560. The summed E-state index contributed by atoms with van der Waals surface area (Å²) in [5.41, 5.74) is 6.18. The number of nitrogens with one attached hydrogen (secondary N) is 1. The van der Waals surface area contributed by atoms with Crippen molar-refractivity contribution in [1.82, 2.24) is 4.90 Å². The Morgan fingerprint density at radius 2 is 1.73 bits per heavy atom. The van der Waals surface area contributed by atoms with E-state index in [9.17, 15) is 9.59 Å². The third-order valence-corrected chi connectivity index (χ3v) is 8.90. The molecule has 1 saturated heterocycles. The second kappa shape index (κ2) is 17.8. The van der Waals surface area contributed by atoms with E-state index >= 15 is 0 Å². The fourth-order valence-electron chi connectivity index (χ4n) is 6.11. The van der Waals surface area contributed by atoms with Crippen molar-refractivity contribution in [1.29, 1.82) is 0 Å². The zero-order valence-corrected chi connectivity index (χ0v) is 28.6. The van der Waals surface area contributed by atoms with Crippen LogP contribution in [-0.4, -0.2) is 69.4 Å². The normalized spacial score (nSPS) is 15.2. The van der Waals surface area contributed by atoms with E-state index in [-0.39, 0.29) is 11.8 Å². The Hall–Kier alpha value is -4.24. The van der Waals surface area contributed by atoms with Gasteiger partial charge in [-0.2, -0.15) is 0 Å². The number of benzene rings is 3. The summed E-state index contributed by atoms with van der Waals surface area (Å²) < 4.78 is 16.9. The second-order valence-electron chi connectivity index (χ2n) is 12.4. The molecule has 8 nitrogen and oxygen atoms in total. The minimum atomic E-state index is -0.168. The van der Waals surface area contributed by atoms with Gasteiger partial charge in [0.25, 0.3) is 11.8 Å². The van der Waals surface area contributed by atoms with Gasteiger partial charge < -0.3 is 24.4 Å². The van der Waals surface area contributed by atoms with E-state index in [0.29, 0.717) is 37.8 Å². The van der Waals surface area contributed by atoms with Crippen LogP contribution >= 0.6 is 0 Å². The molecular formula is C40H49N3O5. The Kier molecular flexibility index (Phi) is 13.0. The second-order valence-corrected chi connectivity index (χ2v) is 12.4. The lowest BCUT2D eigenvalue weighted by molar-refractivity contribution is -0.115. The van der Waals surface area contributed by atoms with Crippen molar-refractivity contribution >= 4 is 29.3 Å². The van der Waals surface area contributed by atoms with Crippen LogP contribution in [-0.2, 0) is 25.6 Å². The third kappa shape index (κ3) is 9.66. The Balaban J connectivity index is 1.29. The molecule has 0 unspecified atom stereocenters. The van der Waals surface area contributed by atoms with Crippen molar-refractivity contribution in [3.8, 4) is 16.9 Å². The average molecular weight is 652 g/mol. The van der Waals surface area contributed by atoms with Crippen LogP contribution in [0.4, 0.5) is 11.4 Å². The summed E-state index contributed by atoms with van der Waals surface area (Å²) in [4.78, 5) is 30.9. The van der Waals surface area contributed by atoms with Crippen LogP contribution in [0.3, 0.4) is 0 Å². The highest BCUT2D eigenvalue weighted by Crippen LogP contribution is 2.33. The van der Waals surface area contributed by atoms with E-state index in [4.69, 9.17) is 14.2 Å². The molecule has 2 amide bonds. The third-order valence-electron chi connectivity index (χ3n) is 8.90. The van der Waals surface area contributed by atoms with Gasteiger partial charge in [0, 0.05) is 50.2 Å². The molecule has 0 bridgehead atoms. The minimum Gasteiger partial charge on any atom is -0.491 e. The lowest BCUT2D eigenvalue weighted by Gasteiger charge is -2.31. The number of hydrogen-bond acceptors (Lipinski definition) is 6. The number of allylic oxidation sites excluding steroid dienone is 1. The summed E-state index contributed by atoms with van der Waals surface area (Å²) in [5.74, 6) is 0.510. The van der Waals surface area contributed by atoms with Crippen molar-refractivity contribution in [2.75, 3.05) is 56.8 Å². The number of fused-ring (bicyclic) bond motifs is 1. The van der Waals surface area contributed by atoms with E-state index in [1.165, 1.54) is 5.56 Å². The maximum Gasteiger partial charge on any atom is 0.251 e. The highest BCUT2D eigenvalue weighted by atomic mass is 16.5. The smallest absolute Gasteiger partial charge is 0.251 e. The molecule has 3 aromatic rings. The van der Waals surface area contributed by atoms with Crippen LogP contribution in [0.15, 0.2) is 84.5 Å². The first-order valence-corrected chi connectivity index (χ1v) is 17.2. The minimum absolute atomic E-state index is 0.108. The van der Waals surface area contributed by atoms with Gasteiger partial charge in [-0.1, -0.05) is 49.8 Å². The fourth-order valence-corrected chi connectivity index (χ4v) is 6.11. The molecular weight excluding hydrogens is 602 g/mol. The summed E-state index contributed by atoms with van der Waals surface area (Å²) in [6.45, 7) is 8.70. The molecule has 0 spiro atoms. The van der Waals surface area contributed by atoms with E-state index in [1.54, 1.807) is 17.1 Å². The summed E-state index contributed by atoms with van der Waals surface area (Å²) in [6.07, 6.45) is 9.94. The van der Waals surface area contributed by atoms with Gasteiger partial charge in [0.15, 0.2) is 0 Å². The van der Waals surface area contributed by atoms with Gasteiger partial charge in [-0.15, -0.1) is 0 Å². The molecule has 5 rings (SSSR count). The molecule has 0 aromatic heterocycles. The highest BCUT2D eigenvalue weighted by Gasteiger charge is 2.24. The zero-order chi connectivity index (χ0) is 33.7. The van der Waals surface area contributed by atoms with Gasteiger partial charge in [0.1, 0.15) is 12.4 Å². The SMILES string of the molecule is CC=CC(=O)N1CCC(C(=O)Nc2ccc(CN(C)C3CCOCC3)cc2)=Cc2cc(-c3ccc(OCCOCCCC)cc3)ccc21. The molecule has 2 heterocycles. The van der Waals surface area contributed by atoms with Crippen LogP contribution in [0.2, 0.25) is 0 Å². The maximum absolute atomic E-state index is 13.6. The summed E-state index contributed by atoms with van der Waals surface area (Å²) in [7, 11) is 2.16. The zero-order valence-electron chi connectivity index (χ0n) is 28.6. The summed E-state index contributed by atoms with van der Waals surface area (Å²) in [5, 5.41) is 3.09. The van der Waals surface area contributed by atoms with Crippen molar-refractivity contribution in [2.24, 2.45) is 0 Å². The molecule has 0 radical (unpaired) electrons. The van der Waals surface area contributed by atoms with E-state index < -0.39 is 0 Å². The molecule has 3 aromatic carbocycles. The number of carbonyl (C=O) groups excluding carboxylic acids is 2. The Labute approximate surface area is 285 Å². The van der Waals surface area contributed by atoms with Crippen LogP contribution in [0.5, 0.6) is 5.75 Å². The maximum atomic E-state index is 13.6. The van der Waals surface area contributed by atoms with Crippen LogP contribution in [0.25, 0.3) is 17.2 Å². The molecule has 254 valence electrons. The van der Waals surface area contributed by atoms with Gasteiger partial charge in [0.2, 0.25) is 0 Å². The van der Waals surface area contributed by atoms with Gasteiger partial charge in [-0.3, -0.25) is 14.5 Å². The van der Waals surface area contributed by atoms with E-state index in [0.717, 1.165) is 85.9 Å². The number of amides is 2. The topological polar surface area (TPSA) is 80.3 Å². The first kappa shape index (κ1) is 35.1. The number of anilines is 2. The van der Waals surface area contributed by atoms with E-state index in [2.05, 4.69) is 36.3 Å². The quantitative estimate of drug-likeness (QED) is 0.144. The molecule has 0 atom stereocenters. The van der Waals surface area contributed by atoms with Gasteiger partial charge >= 0.3 is 0 Å². The van der Waals surface area contributed by atoms with Crippen molar-refractivity contribution < 1.29 is 23.8 Å². The number of nitrogens with zero attached hydrogens (tertiary/aromatic N) is 2. The standard InChI is InChI=1S/C40H49N3O5/c1-4-6-22-46-25-26-48-37-15-10-31(11-16-37)32-12-17-38-34(27-32)28-33(18-21-43(38)39(44)7-5-2)40(45)41-35-13-8-30(9-14-35)29-42(3)36-19-23-47-24-20-36/h5,7-17,27-28,36H,4,6,18-26,29H2,1-3H3,(H,41,45). The molecule has 1 fully saturated rings. The summed E-state index contributed by atoms with van der Waals surface area (Å²) >= 11 is 0. The molecule has 48 heavy (non-hydrogen) atoms. The number of rotatable bonds is 14. The van der Waals surface area contributed by atoms with Crippen molar-refractivity contribution in [3.05, 3.63) is 95.6 Å². The van der Waals surface area contributed by atoms with Gasteiger partial charge in [-0.25, -0.2) is 0 Å². The van der Waals surface area contributed by atoms with Gasteiger partial charge in [0.05, 0.1) is 12.3 Å². The lowest BCUT2D eigenvalue weighted by atomic mass is 10.00. The predicted molar refractivity (Wildman–Crippen MR) is 193 cm³/mol. The molecule has 2 aliphatic heterocycles. The van der Waals surface area contributed by atoms with Crippen LogP contribution in [0, 0.1) is 0 Å². The largest absolute Gasteiger partial charge is 0.491 e. The van der Waals surface area contributed by atoms with E-state index in [1.807, 2.05) is 67.6 Å². The molecule has 0 saturated carbocycles. The molecule has 0 aliphatic carbocycles. The lowest BCUT2D eigenvalue weighted by Crippen LogP contribution is -2.36. The van der Waals surface area contributed by atoms with Crippen LogP contribution in [0.1, 0.15) is 57.1 Å². The highest BCUT2D eigenvalue weighted by molar-refractivity contribution is 6.09. The van der Waals surface area contributed by atoms with Crippen molar-refractivity contribution in [3.63, 3.8) is 0 Å². The monoisotopic (exact) mass is 651 g/mol. The predicted octanol–water partition coefficient (Wildman–Crippen LogP) is 7.49. The first-order chi connectivity index (χ1) is 23.4. The fraction of sp³-hybridized carbons (Fsp3) is 0.400. The number of ether oxygens (including phenoxy) is 3. The summed E-state index contributed by atoms with van der Waals surface area (Å²) in [6, 6.07) is 22.6. The molecule has 2 aliphatic rings. The van der Waals surface area contributed by atoms with Crippen LogP contribution < -0.4 is 15.0 Å². The number of unbranched alkanes of at least 4 members (excludes halogenated alkanes) is 1. The first-order valence-electron chi connectivity index (χ1n) is 17.2. The number of hydrogen-bond donors (Lipinski definition) is 1. The Morgan fingerprint density at radius 1 is 0.979 bits per heavy atom. The van der Waals surface area contributed by atoms with Crippen molar-refractivity contribution in [2.45, 2.75) is 58.5 Å². The Morgan fingerprint density at radius 3 is 2.46 bits per heavy atom. The van der Waals surface area contributed by atoms with Gasteiger partial charge in [-0.05, 0) is 110 Å². The molecule has 1 N–H and O–H groups in total.